The standard InChI is InChI=1S/C9H18N2/c1-3-5-9(11,6-4-2)7-8-10/h3-7,11H2,1-2H3. The van der Waals surface area contributed by atoms with E-state index in [9.17, 15) is 0 Å². The van der Waals surface area contributed by atoms with Crippen molar-refractivity contribution in [3.8, 4) is 6.07 Å². The van der Waals surface area contributed by atoms with Crippen molar-refractivity contribution >= 4 is 0 Å². The molecule has 0 aromatic heterocycles. The van der Waals surface area contributed by atoms with Crippen molar-refractivity contribution in [1.29, 1.82) is 5.26 Å². The molecule has 2 heteroatoms. The molecule has 11 heavy (non-hydrogen) atoms. The Morgan fingerprint density at radius 1 is 1.27 bits per heavy atom. The van der Waals surface area contributed by atoms with Crippen molar-refractivity contribution in [2.75, 3.05) is 0 Å². The highest BCUT2D eigenvalue weighted by molar-refractivity contribution is 4.92. The minimum Gasteiger partial charge on any atom is -0.324 e. The van der Waals surface area contributed by atoms with Gasteiger partial charge < -0.3 is 5.73 Å². The zero-order valence-electron chi connectivity index (χ0n) is 7.56. The van der Waals surface area contributed by atoms with E-state index in [1.165, 1.54) is 0 Å². The van der Waals surface area contributed by atoms with Gasteiger partial charge in [0.15, 0.2) is 0 Å². The maximum absolute atomic E-state index is 8.53. The largest absolute Gasteiger partial charge is 0.324 e. The van der Waals surface area contributed by atoms with Crippen LogP contribution in [-0.2, 0) is 0 Å². The molecule has 0 aliphatic heterocycles. The van der Waals surface area contributed by atoms with Crippen molar-refractivity contribution < 1.29 is 0 Å². The molecule has 0 saturated carbocycles. The second-order valence-corrected chi connectivity index (χ2v) is 3.20. The van der Waals surface area contributed by atoms with Crippen LogP contribution in [0, 0.1) is 11.3 Å². The highest BCUT2D eigenvalue weighted by Crippen LogP contribution is 2.19. The molecule has 0 spiro atoms. The lowest BCUT2D eigenvalue weighted by Crippen LogP contribution is -2.38. The van der Waals surface area contributed by atoms with Gasteiger partial charge >= 0.3 is 0 Å². The summed E-state index contributed by atoms with van der Waals surface area (Å²) in [5.74, 6) is 0. The summed E-state index contributed by atoms with van der Waals surface area (Å²) in [4.78, 5) is 0. The summed E-state index contributed by atoms with van der Waals surface area (Å²) in [6.45, 7) is 4.21. The third kappa shape index (κ3) is 4.00. The monoisotopic (exact) mass is 154 g/mol. The lowest BCUT2D eigenvalue weighted by atomic mass is 9.87. The molecular formula is C9H18N2. The van der Waals surface area contributed by atoms with Gasteiger partial charge in [-0.25, -0.2) is 0 Å². The first-order valence-corrected chi connectivity index (χ1v) is 4.34. The van der Waals surface area contributed by atoms with Crippen LogP contribution >= 0.6 is 0 Å². The molecule has 2 N–H and O–H groups in total. The first kappa shape index (κ1) is 10.4. The second kappa shape index (κ2) is 5.15. The summed E-state index contributed by atoms with van der Waals surface area (Å²) >= 11 is 0. The lowest BCUT2D eigenvalue weighted by molar-refractivity contribution is 0.364. The molecule has 0 unspecified atom stereocenters. The normalized spacial score (nSPS) is 11.1. The van der Waals surface area contributed by atoms with Crippen LogP contribution in [0.4, 0.5) is 0 Å². The predicted octanol–water partition coefficient (Wildman–Crippen LogP) is 2.20. The molecule has 2 nitrogen and oxygen atoms in total. The number of rotatable bonds is 5. The van der Waals surface area contributed by atoms with Crippen LogP contribution in [0.3, 0.4) is 0 Å². The number of hydrogen-bond donors (Lipinski definition) is 1. The van der Waals surface area contributed by atoms with Gasteiger partial charge in [0.25, 0.3) is 0 Å². The van der Waals surface area contributed by atoms with Gasteiger partial charge in [0.1, 0.15) is 0 Å². The van der Waals surface area contributed by atoms with E-state index in [1.807, 2.05) is 0 Å². The Morgan fingerprint density at radius 3 is 2.00 bits per heavy atom. The molecule has 0 aliphatic rings. The van der Waals surface area contributed by atoms with Crippen molar-refractivity contribution in [3.05, 3.63) is 0 Å². The minimum atomic E-state index is -0.210. The van der Waals surface area contributed by atoms with Crippen LogP contribution in [-0.4, -0.2) is 5.54 Å². The van der Waals surface area contributed by atoms with Gasteiger partial charge in [-0.2, -0.15) is 5.26 Å². The van der Waals surface area contributed by atoms with Gasteiger partial charge in [-0.15, -0.1) is 0 Å². The zero-order valence-corrected chi connectivity index (χ0v) is 7.56. The topological polar surface area (TPSA) is 49.8 Å². The van der Waals surface area contributed by atoms with E-state index in [2.05, 4.69) is 19.9 Å². The third-order valence-electron chi connectivity index (χ3n) is 1.93. The van der Waals surface area contributed by atoms with Gasteiger partial charge in [0.2, 0.25) is 0 Å². The molecule has 0 heterocycles. The molecule has 0 saturated heterocycles. The Hall–Kier alpha value is -0.550. The highest BCUT2D eigenvalue weighted by Gasteiger charge is 2.21. The van der Waals surface area contributed by atoms with Crippen LogP contribution in [0.25, 0.3) is 0 Å². The molecule has 64 valence electrons. The van der Waals surface area contributed by atoms with E-state index in [4.69, 9.17) is 11.0 Å². The van der Waals surface area contributed by atoms with E-state index in [1.54, 1.807) is 0 Å². The van der Waals surface area contributed by atoms with E-state index < -0.39 is 0 Å². The van der Waals surface area contributed by atoms with Crippen LogP contribution < -0.4 is 5.73 Å². The van der Waals surface area contributed by atoms with Gasteiger partial charge in [0.05, 0.1) is 12.5 Å². The molecular weight excluding hydrogens is 136 g/mol. The molecule has 0 rings (SSSR count). The maximum Gasteiger partial charge on any atom is 0.0641 e. The number of hydrogen-bond acceptors (Lipinski definition) is 2. The summed E-state index contributed by atoms with van der Waals surface area (Å²) in [5.41, 5.74) is 5.80. The van der Waals surface area contributed by atoms with Crippen molar-refractivity contribution in [2.45, 2.75) is 51.5 Å². The average Bonchev–Trinajstić information content (AvgIpc) is 1.88. The summed E-state index contributed by atoms with van der Waals surface area (Å²) in [6.07, 6.45) is 4.56. The summed E-state index contributed by atoms with van der Waals surface area (Å²) in [5, 5.41) is 8.53. The Bertz CT molecular complexity index is 129. The van der Waals surface area contributed by atoms with E-state index in [-0.39, 0.29) is 5.54 Å². The molecule has 0 atom stereocenters. The van der Waals surface area contributed by atoms with Gasteiger partial charge in [-0.3, -0.25) is 0 Å². The Balaban J connectivity index is 3.92. The quantitative estimate of drug-likeness (QED) is 0.660. The number of nitrogens with zero attached hydrogens (tertiary/aromatic N) is 1. The van der Waals surface area contributed by atoms with E-state index in [0.717, 1.165) is 25.7 Å². The molecule has 0 aromatic carbocycles. The molecule has 0 radical (unpaired) electrons. The Kier molecular flexibility index (Phi) is 4.89. The van der Waals surface area contributed by atoms with Crippen LogP contribution in [0.5, 0.6) is 0 Å². The fourth-order valence-electron chi connectivity index (χ4n) is 1.46. The molecule has 0 bridgehead atoms. The molecule has 0 fully saturated rings. The van der Waals surface area contributed by atoms with Crippen molar-refractivity contribution in [2.24, 2.45) is 5.73 Å². The minimum absolute atomic E-state index is 0.210. The molecule has 0 aliphatic carbocycles. The predicted molar refractivity (Wildman–Crippen MR) is 47.0 cm³/mol. The Morgan fingerprint density at radius 2 is 1.73 bits per heavy atom. The van der Waals surface area contributed by atoms with E-state index >= 15 is 0 Å². The summed E-state index contributed by atoms with van der Waals surface area (Å²) in [7, 11) is 0. The summed E-state index contributed by atoms with van der Waals surface area (Å²) in [6, 6.07) is 2.15. The molecule has 0 aromatic rings. The Labute approximate surface area is 69.4 Å². The van der Waals surface area contributed by atoms with Crippen LogP contribution in [0.1, 0.15) is 46.0 Å². The maximum atomic E-state index is 8.53. The number of nitrogens with two attached hydrogens (primary N) is 1. The lowest BCUT2D eigenvalue weighted by Gasteiger charge is -2.25. The van der Waals surface area contributed by atoms with Gasteiger partial charge in [-0.05, 0) is 12.8 Å². The molecule has 0 amide bonds. The van der Waals surface area contributed by atoms with Gasteiger partial charge in [0, 0.05) is 5.54 Å². The van der Waals surface area contributed by atoms with E-state index in [0.29, 0.717) is 6.42 Å². The van der Waals surface area contributed by atoms with Crippen LogP contribution in [0.2, 0.25) is 0 Å². The SMILES string of the molecule is CCCC(N)(CC#N)CCC. The fraction of sp³-hybridized carbons (Fsp3) is 0.889. The smallest absolute Gasteiger partial charge is 0.0641 e. The first-order valence-electron chi connectivity index (χ1n) is 4.34. The second-order valence-electron chi connectivity index (χ2n) is 3.20. The zero-order chi connectivity index (χ0) is 8.74. The summed E-state index contributed by atoms with van der Waals surface area (Å²) < 4.78 is 0. The van der Waals surface area contributed by atoms with Crippen LogP contribution in [0.15, 0.2) is 0 Å². The van der Waals surface area contributed by atoms with Gasteiger partial charge in [-0.1, -0.05) is 26.7 Å². The van der Waals surface area contributed by atoms with Crippen molar-refractivity contribution in [1.82, 2.24) is 0 Å². The third-order valence-corrected chi connectivity index (χ3v) is 1.93. The average molecular weight is 154 g/mol. The number of nitriles is 1. The fourth-order valence-corrected chi connectivity index (χ4v) is 1.46. The van der Waals surface area contributed by atoms with Crippen molar-refractivity contribution in [3.63, 3.8) is 0 Å². The highest BCUT2D eigenvalue weighted by atomic mass is 14.7. The first-order chi connectivity index (χ1) is 5.18.